The van der Waals surface area contributed by atoms with E-state index in [2.05, 4.69) is 17.5 Å². The summed E-state index contributed by atoms with van der Waals surface area (Å²) >= 11 is 0. The first-order valence-electron chi connectivity index (χ1n) is 7.42. The van der Waals surface area contributed by atoms with E-state index in [0.29, 0.717) is 12.0 Å². The molecule has 1 amide bonds. The zero-order chi connectivity index (χ0) is 12.5. The Balaban J connectivity index is 1.37. The van der Waals surface area contributed by atoms with Crippen molar-refractivity contribution in [2.24, 2.45) is 29.4 Å². The van der Waals surface area contributed by atoms with Crippen LogP contribution in [0.2, 0.25) is 0 Å². The SMILES string of the molecule is N[C@@H]1C[C@@H]2CC(C(=O)NCCC3CC=CC3)C[C@@H]21. The summed E-state index contributed by atoms with van der Waals surface area (Å²) in [6.45, 7) is 0.850. The van der Waals surface area contributed by atoms with Crippen LogP contribution in [0.5, 0.6) is 0 Å². The van der Waals surface area contributed by atoms with Gasteiger partial charge in [0.1, 0.15) is 0 Å². The lowest BCUT2D eigenvalue weighted by molar-refractivity contribution is -0.124. The lowest BCUT2D eigenvalue weighted by Crippen LogP contribution is -2.44. The fraction of sp³-hybridized carbons (Fsp3) is 0.800. The summed E-state index contributed by atoms with van der Waals surface area (Å²) in [5.41, 5.74) is 5.97. The van der Waals surface area contributed by atoms with E-state index in [4.69, 9.17) is 5.73 Å². The van der Waals surface area contributed by atoms with Crippen LogP contribution in [0.15, 0.2) is 12.2 Å². The Kier molecular flexibility index (Phi) is 3.42. The van der Waals surface area contributed by atoms with Gasteiger partial charge < -0.3 is 11.1 Å². The second-order valence-electron chi connectivity index (χ2n) is 6.38. The molecule has 0 radical (unpaired) electrons. The van der Waals surface area contributed by atoms with E-state index in [0.717, 1.165) is 44.1 Å². The summed E-state index contributed by atoms with van der Waals surface area (Å²) in [5, 5.41) is 3.13. The van der Waals surface area contributed by atoms with Gasteiger partial charge in [0.2, 0.25) is 5.91 Å². The van der Waals surface area contributed by atoms with Crippen molar-refractivity contribution in [2.45, 2.75) is 44.6 Å². The van der Waals surface area contributed by atoms with E-state index in [1.807, 2.05) is 0 Å². The molecule has 1 unspecified atom stereocenters. The highest BCUT2D eigenvalue weighted by Gasteiger charge is 2.47. The molecule has 100 valence electrons. The number of fused-ring (bicyclic) bond motifs is 1. The topological polar surface area (TPSA) is 55.1 Å². The summed E-state index contributed by atoms with van der Waals surface area (Å²) in [7, 11) is 0. The third-order valence-electron chi connectivity index (χ3n) is 5.20. The number of carbonyl (C=O) groups is 1. The first-order chi connectivity index (χ1) is 8.74. The van der Waals surface area contributed by atoms with Crippen LogP contribution in [-0.4, -0.2) is 18.5 Å². The van der Waals surface area contributed by atoms with Gasteiger partial charge in [-0.05, 0) is 56.3 Å². The molecular weight excluding hydrogens is 224 g/mol. The smallest absolute Gasteiger partial charge is 0.223 e. The predicted molar refractivity (Wildman–Crippen MR) is 71.8 cm³/mol. The van der Waals surface area contributed by atoms with Crippen LogP contribution in [0.4, 0.5) is 0 Å². The Morgan fingerprint density at radius 1 is 1.22 bits per heavy atom. The second kappa shape index (κ2) is 5.04. The van der Waals surface area contributed by atoms with E-state index in [9.17, 15) is 4.79 Å². The van der Waals surface area contributed by atoms with Crippen molar-refractivity contribution in [3.63, 3.8) is 0 Å². The third kappa shape index (κ3) is 2.33. The number of nitrogens with two attached hydrogens (primary N) is 1. The molecule has 3 N–H and O–H groups in total. The van der Waals surface area contributed by atoms with Gasteiger partial charge in [-0.25, -0.2) is 0 Å². The Morgan fingerprint density at radius 2 is 2.00 bits per heavy atom. The highest BCUT2D eigenvalue weighted by atomic mass is 16.1. The molecule has 3 heteroatoms. The van der Waals surface area contributed by atoms with E-state index >= 15 is 0 Å². The Morgan fingerprint density at radius 3 is 2.67 bits per heavy atom. The summed E-state index contributed by atoms with van der Waals surface area (Å²) in [6.07, 6.45) is 11.3. The minimum absolute atomic E-state index is 0.246. The summed E-state index contributed by atoms with van der Waals surface area (Å²) in [5.74, 6) is 2.67. The molecule has 3 nitrogen and oxygen atoms in total. The molecule has 0 saturated heterocycles. The number of hydrogen-bond acceptors (Lipinski definition) is 2. The van der Waals surface area contributed by atoms with Gasteiger partial charge in [0.05, 0.1) is 0 Å². The fourth-order valence-electron chi connectivity index (χ4n) is 3.95. The van der Waals surface area contributed by atoms with Gasteiger partial charge in [0.15, 0.2) is 0 Å². The van der Waals surface area contributed by atoms with Gasteiger partial charge in [0.25, 0.3) is 0 Å². The molecule has 3 rings (SSSR count). The Hall–Kier alpha value is -0.830. The molecule has 4 atom stereocenters. The summed E-state index contributed by atoms with van der Waals surface area (Å²) in [4.78, 5) is 12.1. The van der Waals surface area contributed by atoms with E-state index in [1.54, 1.807) is 0 Å². The quantitative estimate of drug-likeness (QED) is 0.746. The monoisotopic (exact) mass is 248 g/mol. The fourth-order valence-corrected chi connectivity index (χ4v) is 3.95. The molecule has 2 fully saturated rings. The van der Waals surface area contributed by atoms with Gasteiger partial charge in [-0.1, -0.05) is 12.2 Å². The van der Waals surface area contributed by atoms with Crippen molar-refractivity contribution >= 4 is 5.91 Å². The number of hydrogen-bond donors (Lipinski definition) is 2. The minimum Gasteiger partial charge on any atom is -0.356 e. The normalized spacial score (nSPS) is 38.5. The van der Waals surface area contributed by atoms with Crippen molar-refractivity contribution < 1.29 is 4.79 Å². The molecular formula is C15H24N2O. The predicted octanol–water partition coefficient (Wildman–Crippen LogP) is 1.83. The molecule has 0 spiro atoms. The molecule has 0 aromatic carbocycles. The van der Waals surface area contributed by atoms with Crippen LogP contribution >= 0.6 is 0 Å². The number of rotatable bonds is 4. The molecule has 0 aliphatic heterocycles. The van der Waals surface area contributed by atoms with Crippen molar-refractivity contribution in [1.82, 2.24) is 5.32 Å². The number of carbonyl (C=O) groups excluding carboxylic acids is 1. The maximum atomic E-state index is 12.1. The third-order valence-corrected chi connectivity index (χ3v) is 5.20. The van der Waals surface area contributed by atoms with Crippen LogP contribution in [0.3, 0.4) is 0 Å². The van der Waals surface area contributed by atoms with Crippen molar-refractivity contribution in [3.05, 3.63) is 12.2 Å². The largest absolute Gasteiger partial charge is 0.356 e. The summed E-state index contributed by atoms with van der Waals surface area (Å²) < 4.78 is 0. The number of allylic oxidation sites excluding steroid dienone is 2. The molecule has 0 heterocycles. The zero-order valence-electron chi connectivity index (χ0n) is 11.0. The van der Waals surface area contributed by atoms with Crippen LogP contribution in [0, 0.1) is 23.7 Å². The molecule has 18 heavy (non-hydrogen) atoms. The maximum absolute atomic E-state index is 12.1. The molecule has 3 aliphatic rings. The highest BCUT2D eigenvalue weighted by Crippen LogP contribution is 2.48. The van der Waals surface area contributed by atoms with Crippen LogP contribution in [0.25, 0.3) is 0 Å². The van der Waals surface area contributed by atoms with E-state index in [1.165, 1.54) is 12.8 Å². The summed E-state index contributed by atoms with van der Waals surface area (Å²) in [6, 6.07) is 0.373. The maximum Gasteiger partial charge on any atom is 0.223 e. The van der Waals surface area contributed by atoms with Crippen molar-refractivity contribution in [1.29, 1.82) is 0 Å². The average Bonchev–Trinajstić information content (AvgIpc) is 2.96. The standard InChI is InChI=1S/C15H24N2O/c16-14-9-11-7-12(8-13(11)14)15(18)17-6-5-10-3-1-2-4-10/h1-2,10-14H,3-9,16H2,(H,17,18)/t11-,12?,13-,14+/m0/s1. The molecule has 3 aliphatic carbocycles. The van der Waals surface area contributed by atoms with E-state index < -0.39 is 0 Å². The number of amides is 1. The first kappa shape index (κ1) is 12.2. The first-order valence-corrected chi connectivity index (χ1v) is 7.42. The Bertz CT molecular complexity index is 344. The minimum atomic E-state index is 0.246. The van der Waals surface area contributed by atoms with Crippen LogP contribution < -0.4 is 11.1 Å². The van der Waals surface area contributed by atoms with Gasteiger partial charge in [-0.3, -0.25) is 4.79 Å². The number of nitrogens with one attached hydrogen (secondary N) is 1. The highest BCUT2D eigenvalue weighted by molar-refractivity contribution is 5.79. The molecule has 2 saturated carbocycles. The molecule has 0 aromatic rings. The zero-order valence-corrected chi connectivity index (χ0v) is 11.0. The Labute approximate surface area is 109 Å². The van der Waals surface area contributed by atoms with Gasteiger partial charge >= 0.3 is 0 Å². The van der Waals surface area contributed by atoms with Gasteiger partial charge in [-0.15, -0.1) is 0 Å². The van der Waals surface area contributed by atoms with Crippen molar-refractivity contribution in [3.8, 4) is 0 Å². The second-order valence-corrected chi connectivity index (χ2v) is 6.38. The lowest BCUT2D eigenvalue weighted by atomic mass is 9.72. The van der Waals surface area contributed by atoms with Crippen molar-refractivity contribution in [2.75, 3.05) is 6.54 Å². The van der Waals surface area contributed by atoms with Gasteiger partial charge in [-0.2, -0.15) is 0 Å². The molecule has 0 aromatic heterocycles. The van der Waals surface area contributed by atoms with Gasteiger partial charge in [0, 0.05) is 18.5 Å². The van der Waals surface area contributed by atoms with Crippen LogP contribution in [0.1, 0.15) is 38.5 Å². The van der Waals surface area contributed by atoms with E-state index in [-0.39, 0.29) is 11.8 Å². The van der Waals surface area contributed by atoms with Crippen LogP contribution in [-0.2, 0) is 4.79 Å². The molecule has 0 bridgehead atoms. The lowest BCUT2D eigenvalue weighted by Gasteiger charge is -2.37. The average molecular weight is 248 g/mol.